The Labute approximate surface area is 120 Å². The van der Waals surface area contributed by atoms with Gasteiger partial charge in [0.2, 0.25) is 15.9 Å². The van der Waals surface area contributed by atoms with Crippen LogP contribution in [0.1, 0.15) is 20.3 Å². The zero-order chi connectivity index (χ0) is 15.0. The van der Waals surface area contributed by atoms with Crippen molar-refractivity contribution in [3.05, 3.63) is 0 Å². The summed E-state index contributed by atoms with van der Waals surface area (Å²) in [5.74, 6) is -0.0320. The van der Waals surface area contributed by atoms with Gasteiger partial charge in [-0.15, -0.1) is 0 Å². The first-order chi connectivity index (χ1) is 9.44. The lowest BCUT2D eigenvalue weighted by Gasteiger charge is -2.30. The normalized spacial score (nSPS) is 23.5. The summed E-state index contributed by atoms with van der Waals surface area (Å²) in [7, 11) is -3.45. The predicted molar refractivity (Wildman–Crippen MR) is 76.9 cm³/mol. The molecule has 1 aliphatic rings. The fourth-order valence-corrected chi connectivity index (χ4v) is 2.83. The Hall–Kier alpha value is -0.700. The third-order valence-corrected chi connectivity index (χ3v) is 4.62. The molecule has 0 aromatic rings. The highest BCUT2D eigenvalue weighted by atomic mass is 32.2. The lowest BCUT2D eigenvalue weighted by atomic mass is 9.95. The van der Waals surface area contributed by atoms with Crippen LogP contribution < -0.4 is 15.4 Å². The van der Waals surface area contributed by atoms with Crippen LogP contribution in [0, 0.1) is 5.92 Å². The van der Waals surface area contributed by atoms with Crippen molar-refractivity contribution in [3.8, 4) is 0 Å². The van der Waals surface area contributed by atoms with Crippen molar-refractivity contribution < 1.29 is 17.9 Å². The largest absolute Gasteiger partial charge is 0.381 e. The highest BCUT2D eigenvalue weighted by Crippen LogP contribution is 2.10. The van der Waals surface area contributed by atoms with Gasteiger partial charge in [-0.2, -0.15) is 0 Å². The molecule has 3 N–H and O–H groups in total. The number of ether oxygens (including phenoxy) is 1. The molecule has 0 saturated carbocycles. The van der Waals surface area contributed by atoms with Gasteiger partial charge in [0, 0.05) is 19.2 Å². The first-order valence-corrected chi connectivity index (χ1v) is 8.65. The SMILES string of the molecule is CCOCCS(=O)(=O)NCC(=O)NC1CNCCC1C. The quantitative estimate of drug-likeness (QED) is 0.503. The number of nitrogens with one attached hydrogen (secondary N) is 3. The van der Waals surface area contributed by atoms with Gasteiger partial charge in [0.15, 0.2) is 0 Å². The Kier molecular flexibility index (Phi) is 7.42. The molecule has 0 aromatic heterocycles. The summed E-state index contributed by atoms with van der Waals surface area (Å²) in [6.45, 7) is 5.95. The molecule has 1 heterocycles. The van der Waals surface area contributed by atoms with Crippen LogP contribution >= 0.6 is 0 Å². The average Bonchev–Trinajstić information content (AvgIpc) is 2.40. The van der Waals surface area contributed by atoms with Crippen molar-refractivity contribution in [2.24, 2.45) is 5.92 Å². The molecule has 118 valence electrons. The van der Waals surface area contributed by atoms with Gasteiger partial charge in [0.25, 0.3) is 0 Å². The fourth-order valence-electron chi connectivity index (χ4n) is 2.00. The number of rotatable bonds is 8. The Bertz CT molecular complexity index is 400. The van der Waals surface area contributed by atoms with Gasteiger partial charge >= 0.3 is 0 Å². The number of carbonyl (C=O) groups excluding carboxylic acids is 1. The van der Waals surface area contributed by atoms with E-state index in [1.54, 1.807) is 6.92 Å². The molecule has 0 aliphatic carbocycles. The van der Waals surface area contributed by atoms with Crippen LogP contribution in [0.5, 0.6) is 0 Å². The van der Waals surface area contributed by atoms with Crippen LogP contribution in [0.15, 0.2) is 0 Å². The maximum atomic E-state index is 11.7. The van der Waals surface area contributed by atoms with Crippen LogP contribution in [0.2, 0.25) is 0 Å². The highest BCUT2D eigenvalue weighted by Gasteiger charge is 2.23. The molecular weight excluding hydrogens is 282 g/mol. The van der Waals surface area contributed by atoms with E-state index in [1.165, 1.54) is 0 Å². The van der Waals surface area contributed by atoms with Gasteiger partial charge in [-0.3, -0.25) is 4.79 Å². The summed E-state index contributed by atoms with van der Waals surface area (Å²) >= 11 is 0. The van der Waals surface area contributed by atoms with Gasteiger partial charge in [0.1, 0.15) is 0 Å². The van der Waals surface area contributed by atoms with E-state index in [2.05, 4.69) is 22.3 Å². The number of amides is 1. The molecule has 1 fully saturated rings. The van der Waals surface area contributed by atoms with E-state index >= 15 is 0 Å². The predicted octanol–water partition coefficient (Wildman–Crippen LogP) is -0.943. The molecule has 0 radical (unpaired) electrons. The van der Waals surface area contributed by atoms with E-state index in [1.807, 2.05) is 0 Å². The zero-order valence-corrected chi connectivity index (χ0v) is 13.0. The van der Waals surface area contributed by atoms with Gasteiger partial charge in [-0.25, -0.2) is 13.1 Å². The van der Waals surface area contributed by atoms with Crippen molar-refractivity contribution in [3.63, 3.8) is 0 Å². The first-order valence-electron chi connectivity index (χ1n) is 6.99. The van der Waals surface area contributed by atoms with Crippen LogP contribution in [-0.2, 0) is 19.6 Å². The second kappa shape index (κ2) is 8.56. The highest BCUT2D eigenvalue weighted by molar-refractivity contribution is 7.89. The third kappa shape index (κ3) is 6.65. The molecule has 8 heteroatoms. The smallest absolute Gasteiger partial charge is 0.235 e. The molecular formula is C12H25N3O4S. The average molecular weight is 307 g/mol. The van der Waals surface area contributed by atoms with Crippen molar-refractivity contribution in [1.82, 2.24) is 15.4 Å². The number of sulfonamides is 1. The van der Waals surface area contributed by atoms with Crippen molar-refractivity contribution in [1.29, 1.82) is 0 Å². The van der Waals surface area contributed by atoms with Crippen LogP contribution in [0.4, 0.5) is 0 Å². The van der Waals surface area contributed by atoms with Crippen LogP contribution in [0.3, 0.4) is 0 Å². The van der Waals surface area contributed by atoms with Gasteiger partial charge in [-0.1, -0.05) is 6.92 Å². The molecule has 2 atom stereocenters. The minimum atomic E-state index is -3.45. The standard InChI is InChI=1S/C12H25N3O4S/c1-3-19-6-7-20(17,18)14-9-12(16)15-11-8-13-5-4-10(11)2/h10-11,13-14H,3-9H2,1-2H3,(H,15,16). The van der Waals surface area contributed by atoms with Gasteiger partial charge in [-0.05, 0) is 25.8 Å². The number of carbonyl (C=O) groups is 1. The molecule has 0 bridgehead atoms. The summed E-state index contributed by atoms with van der Waals surface area (Å²) in [5.41, 5.74) is 0. The summed E-state index contributed by atoms with van der Waals surface area (Å²) < 4.78 is 30.4. The zero-order valence-electron chi connectivity index (χ0n) is 12.1. The van der Waals surface area contributed by atoms with Crippen molar-refractivity contribution in [2.45, 2.75) is 26.3 Å². The Balaban J connectivity index is 2.28. The molecule has 0 spiro atoms. The number of hydrogen-bond acceptors (Lipinski definition) is 5. The fraction of sp³-hybridized carbons (Fsp3) is 0.917. The molecule has 2 unspecified atom stereocenters. The Morgan fingerprint density at radius 3 is 2.85 bits per heavy atom. The Morgan fingerprint density at radius 1 is 1.45 bits per heavy atom. The molecule has 20 heavy (non-hydrogen) atoms. The van der Waals surface area contributed by atoms with E-state index in [9.17, 15) is 13.2 Å². The van der Waals surface area contributed by atoms with E-state index in [4.69, 9.17) is 4.74 Å². The minimum Gasteiger partial charge on any atom is -0.381 e. The summed E-state index contributed by atoms with van der Waals surface area (Å²) in [5, 5.41) is 6.06. The lowest BCUT2D eigenvalue weighted by molar-refractivity contribution is -0.121. The van der Waals surface area contributed by atoms with Crippen LogP contribution in [0.25, 0.3) is 0 Å². The van der Waals surface area contributed by atoms with E-state index in [-0.39, 0.29) is 30.9 Å². The van der Waals surface area contributed by atoms with Crippen molar-refractivity contribution >= 4 is 15.9 Å². The second-order valence-corrected chi connectivity index (χ2v) is 6.91. The molecule has 1 aliphatic heterocycles. The minimum absolute atomic E-state index is 0.0594. The Morgan fingerprint density at radius 2 is 2.20 bits per heavy atom. The van der Waals surface area contributed by atoms with Crippen molar-refractivity contribution in [2.75, 3.05) is 38.6 Å². The topological polar surface area (TPSA) is 96.5 Å². The third-order valence-electron chi connectivity index (χ3n) is 3.33. The maximum Gasteiger partial charge on any atom is 0.235 e. The molecule has 1 amide bonds. The van der Waals surface area contributed by atoms with E-state index in [0.717, 1.165) is 19.5 Å². The van der Waals surface area contributed by atoms with Gasteiger partial charge < -0.3 is 15.4 Å². The second-order valence-electron chi connectivity index (χ2n) is 4.98. The molecule has 7 nitrogen and oxygen atoms in total. The van der Waals surface area contributed by atoms with E-state index in [0.29, 0.717) is 12.5 Å². The monoisotopic (exact) mass is 307 g/mol. The summed E-state index contributed by atoms with van der Waals surface area (Å²) in [4.78, 5) is 11.7. The first kappa shape index (κ1) is 17.4. The van der Waals surface area contributed by atoms with E-state index < -0.39 is 10.0 Å². The van der Waals surface area contributed by atoms with Gasteiger partial charge in [0.05, 0.1) is 18.9 Å². The molecule has 0 aromatic carbocycles. The maximum absolute atomic E-state index is 11.7. The van der Waals surface area contributed by atoms with Crippen LogP contribution in [-0.4, -0.2) is 59.0 Å². The molecule has 1 rings (SSSR count). The molecule has 1 saturated heterocycles. The summed E-state index contributed by atoms with van der Waals surface area (Å²) in [6, 6.07) is 0.0594. The number of hydrogen-bond donors (Lipinski definition) is 3. The summed E-state index contributed by atoms with van der Waals surface area (Å²) in [6.07, 6.45) is 1.00. The number of piperidine rings is 1. The lowest BCUT2D eigenvalue weighted by Crippen LogP contribution is -2.52.